The Morgan fingerprint density at radius 1 is 1.27 bits per heavy atom. The van der Waals surface area contributed by atoms with Crippen LogP contribution in [0.5, 0.6) is 0 Å². The molecule has 4 heterocycles. The number of nitrogens with zero attached hydrogens (tertiary/aromatic N) is 5. The summed E-state index contributed by atoms with van der Waals surface area (Å²) in [6.45, 7) is 0.776. The van der Waals surface area contributed by atoms with Gasteiger partial charge in [-0.1, -0.05) is 0 Å². The number of fused-ring (bicyclic) bond motifs is 1. The van der Waals surface area contributed by atoms with Crippen molar-refractivity contribution >= 4 is 28.9 Å². The Kier molecular flexibility index (Phi) is 3.77. The second kappa shape index (κ2) is 6.05. The quantitative estimate of drug-likeness (QED) is 0.793. The zero-order chi connectivity index (χ0) is 14.8. The first kappa shape index (κ1) is 13.7. The summed E-state index contributed by atoms with van der Waals surface area (Å²) in [5.41, 5.74) is 1.50. The molecule has 0 saturated heterocycles. The molecule has 0 atom stereocenters. The number of thiophene rings is 1. The summed E-state index contributed by atoms with van der Waals surface area (Å²) in [4.78, 5) is 15.5. The molecular formula is C14H14N6S2. The van der Waals surface area contributed by atoms with Gasteiger partial charge >= 0.3 is 0 Å². The monoisotopic (exact) mass is 330 g/mol. The third-order valence-corrected chi connectivity index (χ3v) is 5.64. The largest absolute Gasteiger partial charge is 0.364 e. The summed E-state index contributed by atoms with van der Waals surface area (Å²) in [7, 11) is 0. The zero-order valence-electron chi connectivity index (χ0n) is 11.8. The fourth-order valence-corrected chi connectivity index (χ4v) is 4.67. The highest BCUT2D eigenvalue weighted by Crippen LogP contribution is 2.31. The Hall–Kier alpha value is -1.93. The second-order valence-electron chi connectivity index (χ2n) is 4.92. The molecule has 1 N–H and O–H groups in total. The van der Waals surface area contributed by atoms with Gasteiger partial charge in [0, 0.05) is 15.5 Å². The zero-order valence-corrected chi connectivity index (χ0v) is 13.4. The Bertz CT molecular complexity index is 744. The summed E-state index contributed by atoms with van der Waals surface area (Å²) in [5.74, 6) is 3.79. The van der Waals surface area contributed by atoms with Gasteiger partial charge in [-0.15, -0.1) is 11.3 Å². The van der Waals surface area contributed by atoms with Crippen LogP contribution in [-0.2, 0) is 18.7 Å². The minimum atomic E-state index is 0.657. The van der Waals surface area contributed by atoms with Crippen molar-refractivity contribution in [2.45, 2.75) is 18.7 Å². The number of aryl methyl sites for hydroxylation is 1. The number of anilines is 1. The molecule has 0 unspecified atom stereocenters. The molecule has 3 aromatic rings. The fourth-order valence-electron chi connectivity index (χ4n) is 2.35. The lowest BCUT2D eigenvalue weighted by Crippen LogP contribution is -2.04. The first-order valence-corrected chi connectivity index (χ1v) is 8.95. The number of hydrogen-bond acceptors (Lipinski definition) is 7. The van der Waals surface area contributed by atoms with E-state index in [9.17, 15) is 0 Å². The standard InChI is InChI=1S/C14H14N6S2/c1-2-21-7-10-3-11(22-12(1)10)4-17-13-5-15-6-14(19-13)20-9-16-8-18-20/h3,5-6,8-9H,1-2,4,7H2,(H,17,19). The van der Waals surface area contributed by atoms with Crippen molar-refractivity contribution in [2.24, 2.45) is 0 Å². The average Bonchev–Trinajstić information content (AvgIpc) is 3.22. The van der Waals surface area contributed by atoms with E-state index in [-0.39, 0.29) is 0 Å². The van der Waals surface area contributed by atoms with E-state index in [1.807, 2.05) is 23.1 Å². The van der Waals surface area contributed by atoms with Gasteiger partial charge in [0.1, 0.15) is 18.5 Å². The molecule has 0 saturated carbocycles. The summed E-state index contributed by atoms with van der Waals surface area (Å²) in [5, 5.41) is 7.41. The van der Waals surface area contributed by atoms with Crippen molar-refractivity contribution in [1.82, 2.24) is 24.7 Å². The molecule has 1 aliphatic rings. The van der Waals surface area contributed by atoms with Gasteiger partial charge < -0.3 is 5.32 Å². The maximum absolute atomic E-state index is 4.50. The number of thioether (sulfide) groups is 1. The van der Waals surface area contributed by atoms with E-state index in [0.717, 1.165) is 18.1 Å². The molecule has 0 aromatic carbocycles. The molecule has 0 bridgehead atoms. The Balaban J connectivity index is 1.47. The molecule has 0 amide bonds. The van der Waals surface area contributed by atoms with Crippen LogP contribution < -0.4 is 5.32 Å². The highest BCUT2D eigenvalue weighted by molar-refractivity contribution is 7.98. The van der Waals surface area contributed by atoms with E-state index < -0.39 is 0 Å². The van der Waals surface area contributed by atoms with Crippen LogP contribution in [0.3, 0.4) is 0 Å². The fraction of sp³-hybridized carbons (Fsp3) is 0.286. The van der Waals surface area contributed by atoms with Crippen molar-refractivity contribution in [3.05, 3.63) is 46.4 Å². The van der Waals surface area contributed by atoms with Gasteiger partial charge in [0.25, 0.3) is 0 Å². The third kappa shape index (κ3) is 2.84. The van der Waals surface area contributed by atoms with Gasteiger partial charge in [0.15, 0.2) is 5.82 Å². The van der Waals surface area contributed by atoms with E-state index in [1.165, 1.54) is 33.8 Å². The molecule has 0 fully saturated rings. The van der Waals surface area contributed by atoms with Crippen LogP contribution >= 0.6 is 23.1 Å². The SMILES string of the molecule is c1ncn(-c2cncc(NCc3cc4c(s3)CCSC4)n2)n1. The van der Waals surface area contributed by atoms with Crippen LogP contribution in [0.25, 0.3) is 5.82 Å². The molecule has 8 heteroatoms. The van der Waals surface area contributed by atoms with E-state index in [1.54, 1.807) is 23.4 Å². The molecule has 22 heavy (non-hydrogen) atoms. The molecule has 0 aliphatic carbocycles. The molecule has 6 nitrogen and oxygen atoms in total. The summed E-state index contributed by atoms with van der Waals surface area (Å²) in [6.07, 6.45) is 7.69. The molecule has 0 radical (unpaired) electrons. The van der Waals surface area contributed by atoms with Crippen LogP contribution in [0.4, 0.5) is 5.82 Å². The van der Waals surface area contributed by atoms with Crippen molar-refractivity contribution < 1.29 is 0 Å². The lowest BCUT2D eigenvalue weighted by molar-refractivity contribution is 0.836. The highest BCUT2D eigenvalue weighted by Gasteiger charge is 2.13. The van der Waals surface area contributed by atoms with Crippen LogP contribution in [0, 0.1) is 0 Å². The number of hydrogen-bond donors (Lipinski definition) is 1. The van der Waals surface area contributed by atoms with E-state index in [4.69, 9.17) is 0 Å². The smallest absolute Gasteiger partial charge is 0.175 e. The van der Waals surface area contributed by atoms with Crippen LogP contribution in [-0.4, -0.2) is 30.5 Å². The Morgan fingerprint density at radius 2 is 2.27 bits per heavy atom. The highest BCUT2D eigenvalue weighted by atomic mass is 32.2. The van der Waals surface area contributed by atoms with Crippen molar-refractivity contribution in [3.8, 4) is 5.82 Å². The van der Waals surface area contributed by atoms with E-state index in [2.05, 4.69) is 31.4 Å². The normalized spacial score (nSPS) is 13.8. The van der Waals surface area contributed by atoms with E-state index in [0.29, 0.717) is 5.82 Å². The minimum absolute atomic E-state index is 0.657. The minimum Gasteiger partial charge on any atom is -0.364 e. The maximum Gasteiger partial charge on any atom is 0.175 e. The average molecular weight is 330 g/mol. The topological polar surface area (TPSA) is 68.5 Å². The van der Waals surface area contributed by atoms with Gasteiger partial charge in [-0.2, -0.15) is 16.9 Å². The molecule has 4 rings (SSSR count). The van der Waals surface area contributed by atoms with Gasteiger partial charge in [0.05, 0.1) is 18.9 Å². The third-order valence-electron chi connectivity index (χ3n) is 3.40. The molecule has 3 aromatic heterocycles. The summed E-state index contributed by atoms with van der Waals surface area (Å²) in [6, 6.07) is 2.31. The van der Waals surface area contributed by atoms with Crippen molar-refractivity contribution in [2.75, 3.05) is 11.1 Å². The maximum atomic E-state index is 4.50. The molecule has 112 valence electrons. The van der Waals surface area contributed by atoms with Crippen molar-refractivity contribution in [3.63, 3.8) is 0 Å². The second-order valence-corrected chi connectivity index (χ2v) is 7.25. The van der Waals surface area contributed by atoms with Gasteiger partial charge in [-0.3, -0.25) is 4.98 Å². The van der Waals surface area contributed by atoms with Crippen LogP contribution in [0.2, 0.25) is 0 Å². The van der Waals surface area contributed by atoms with Crippen LogP contribution in [0.1, 0.15) is 15.3 Å². The molecule has 0 spiro atoms. The first-order valence-electron chi connectivity index (χ1n) is 6.97. The predicted octanol–water partition coefficient (Wildman–Crippen LogP) is 2.52. The predicted molar refractivity (Wildman–Crippen MR) is 88.5 cm³/mol. The number of nitrogens with one attached hydrogen (secondary N) is 1. The Morgan fingerprint density at radius 3 is 3.14 bits per heavy atom. The van der Waals surface area contributed by atoms with Gasteiger partial charge in [0.2, 0.25) is 0 Å². The number of aromatic nitrogens is 5. The summed E-state index contributed by atoms with van der Waals surface area (Å²) >= 11 is 3.92. The lowest BCUT2D eigenvalue weighted by Gasteiger charge is -2.08. The van der Waals surface area contributed by atoms with Gasteiger partial charge in [-0.05, 0) is 23.8 Å². The van der Waals surface area contributed by atoms with E-state index >= 15 is 0 Å². The molecule has 1 aliphatic heterocycles. The Labute approximate surface area is 136 Å². The van der Waals surface area contributed by atoms with Crippen molar-refractivity contribution in [1.29, 1.82) is 0 Å². The number of rotatable bonds is 4. The molecular weight excluding hydrogens is 316 g/mol. The van der Waals surface area contributed by atoms with Crippen LogP contribution in [0.15, 0.2) is 31.1 Å². The van der Waals surface area contributed by atoms with Gasteiger partial charge in [-0.25, -0.2) is 14.6 Å². The lowest BCUT2D eigenvalue weighted by atomic mass is 10.2. The summed E-state index contributed by atoms with van der Waals surface area (Å²) < 4.78 is 1.60. The first-order chi connectivity index (χ1) is 10.9.